The number of carbonyl (C=O) groups is 3. The molecule has 0 saturated carbocycles. The van der Waals surface area contributed by atoms with Crippen molar-refractivity contribution in [3.63, 3.8) is 0 Å². The molecule has 0 aliphatic heterocycles. The van der Waals surface area contributed by atoms with Gasteiger partial charge in [-0.2, -0.15) is 0 Å². The Hall–Kier alpha value is -3.73. The molecule has 0 fully saturated rings. The van der Waals surface area contributed by atoms with Gasteiger partial charge in [0.05, 0.1) is 6.54 Å². The number of rotatable bonds is 4. The van der Waals surface area contributed by atoms with Crippen LogP contribution >= 0.6 is 0 Å². The Labute approximate surface area is 175 Å². The van der Waals surface area contributed by atoms with Gasteiger partial charge in [0, 0.05) is 29.4 Å². The van der Waals surface area contributed by atoms with Crippen molar-refractivity contribution in [3.05, 3.63) is 88.5 Å². The minimum atomic E-state index is -0.307. The molecule has 0 spiro atoms. The quantitative estimate of drug-likeness (QED) is 0.560. The van der Waals surface area contributed by atoms with E-state index in [1.54, 1.807) is 31.3 Å². The van der Waals surface area contributed by atoms with Gasteiger partial charge in [-0.15, -0.1) is 0 Å². The first-order chi connectivity index (χ1) is 14.4. The Bertz CT molecular complexity index is 1180. The zero-order valence-corrected chi connectivity index (χ0v) is 17.2. The second-order valence-electron chi connectivity index (χ2n) is 7.61. The summed E-state index contributed by atoms with van der Waals surface area (Å²) in [5, 5.41) is 2.89. The van der Waals surface area contributed by atoms with E-state index in [0.29, 0.717) is 16.7 Å². The Morgan fingerprint density at radius 2 is 1.47 bits per heavy atom. The second kappa shape index (κ2) is 7.59. The molecule has 0 atom stereocenters. The third-order valence-electron chi connectivity index (χ3n) is 5.45. The number of likely N-dealkylation sites (N-methyl/N-ethyl adjacent to an activating group) is 1. The number of ketones is 1. The molecule has 3 aromatic carbocycles. The Morgan fingerprint density at radius 1 is 0.833 bits per heavy atom. The van der Waals surface area contributed by atoms with Crippen LogP contribution in [0.15, 0.2) is 60.7 Å². The number of nitrogens with one attached hydrogen (secondary N) is 1. The van der Waals surface area contributed by atoms with Gasteiger partial charge in [0.15, 0.2) is 5.78 Å². The summed E-state index contributed by atoms with van der Waals surface area (Å²) in [5.74, 6) is -0.656. The minimum absolute atomic E-state index is 0.0781. The smallest absolute Gasteiger partial charge is 0.254 e. The Balaban J connectivity index is 1.50. The molecule has 0 aromatic heterocycles. The van der Waals surface area contributed by atoms with Crippen LogP contribution in [0.2, 0.25) is 0 Å². The number of nitrogens with zero attached hydrogens (tertiary/aromatic N) is 1. The van der Waals surface area contributed by atoms with E-state index in [-0.39, 0.29) is 24.1 Å². The SMILES string of the molecule is Cc1cccc(C)c1NC(=O)CN(C)C(=O)c1ccc2c(c1)C(=O)c1ccccc1-2. The van der Waals surface area contributed by atoms with Crippen molar-refractivity contribution in [1.82, 2.24) is 4.90 Å². The summed E-state index contributed by atoms with van der Waals surface area (Å²) in [6.45, 7) is 3.77. The van der Waals surface area contributed by atoms with Crippen LogP contribution in [0, 0.1) is 13.8 Å². The molecule has 30 heavy (non-hydrogen) atoms. The number of hydrogen-bond donors (Lipinski definition) is 1. The summed E-state index contributed by atoms with van der Waals surface area (Å²) < 4.78 is 0. The molecule has 5 nitrogen and oxygen atoms in total. The first-order valence-electron chi connectivity index (χ1n) is 9.76. The summed E-state index contributed by atoms with van der Waals surface area (Å²) in [6.07, 6.45) is 0. The number of carbonyl (C=O) groups excluding carboxylic acids is 3. The second-order valence-corrected chi connectivity index (χ2v) is 7.61. The fourth-order valence-electron chi connectivity index (χ4n) is 3.86. The zero-order chi connectivity index (χ0) is 21.4. The lowest BCUT2D eigenvalue weighted by Gasteiger charge is -2.18. The van der Waals surface area contributed by atoms with Crippen LogP contribution in [-0.2, 0) is 4.79 Å². The number of benzene rings is 3. The van der Waals surface area contributed by atoms with Crippen LogP contribution in [0.25, 0.3) is 11.1 Å². The highest BCUT2D eigenvalue weighted by molar-refractivity contribution is 6.22. The number of hydrogen-bond acceptors (Lipinski definition) is 3. The van der Waals surface area contributed by atoms with Crippen molar-refractivity contribution in [1.29, 1.82) is 0 Å². The molecule has 0 heterocycles. The maximum atomic E-state index is 12.9. The highest BCUT2D eigenvalue weighted by atomic mass is 16.2. The number of anilines is 1. The molecule has 5 heteroatoms. The Morgan fingerprint density at radius 3 is 2.17 bits per heavy atom. The molecular formula is C25H22N2O3. The predicted octanol–water partition coefficient (Wildman–Crippen LogP) is 4.23. The molecule has 0 saturated heterocycles. The van der Waals surface area contributed by atoms with Crippen molar-refractivity contribution in [2.45, 2.75) is 13.8 Å². The van der Waals surface area contributed by atoms with E-state index in [4.69, 9.17) is 0 Å². The lowest BCUT2D eigenvalue weighted by atomic mass is 10.0. The van der Waals surface area contributed by atoms with Gasteiger partial charge < -0.3 is 10.2 Å². The molecule has 0 unspecified atom stereocenters. The standard InChI is InChI=1S/C25H22N2O3/c1-15-7-6-8-16(2)23(15)26-22(28)14-27(3)25(30)17-11-12-19-18-9-4-5-10-20(18)24(29)21(19)13-17/h4-13H,14H2,1-3H3,(H,26,28). The van der Waals surface area contributed by atoms with E-state index < -0.39 is 0 Å². The fraction of sp³-hybridized carbons (Fsp3) is 0.160. The first-order valence-corrected chi connectivity index (χ1v) is 9.76. The lowest BCUT2D eigenvalue weighted by molar-refractivity contribution is -0.116. The molecule has 0 bridgehead atoms. The van der Waals surface area contributed by atoms with Crippen molar-refractivity contribution < 1.29 is 14.4 Å². The highest BCUT2D eigenvalue weighted by Crippen LogP contribution is 2.36. The van der Waals surface area contributed by atoms with Crippen molar-refractivity contribution >= 4 is 23.3 Å². The molecule has 0 radical (unpaired) electrons. The van der Waals surface area contributed by atoms with Crippen molar-refractivity contribution in [2.24, 2.45) is 0 Å². The van der Waals surface area contributed by atoms with E-state index in [9.17, 15) is 14.4 Å². The number of amides is 2. The molecule has 1 N–H and O–H groups in total. The van der Waals surface area contributed by atoms with Gasteiger partial charge in [-0.05, 0) is 48.2 Å². The van der Waals surface area contributed by atoms with Gasteiger partial charge in [0.2, 0.25) is 5.91 Å². The van der Waals surface area contributed by atoms with Crippen LogP contribution in [0.1, 0.15) is 37.4 Å². The van der Waals surface area contributed by atoms with E-state index >= 15 is 0 Å². The molecule has 1 aliphatic rings. The largest absolute Gasteiger partial charge is 0.332 e. The monoisotopic (exact) mass is 398 g/mol. The minimum Gasteiger partial charge on any atom is -0.332 e. The number of fused-ring (bicyclic) bond motifs is 3. The lowest BCUT2D eigenvalue weighted by Crippen LogP contribution is -2.35. The summed E-state index contributed by atoms with van der Waals surface area (Å²) >= 11 is 0. The van der Waals surface area contributed by atoms with Gasteiger partial charge in [0.1, 0.15) is 0 Å². The van der Waals surface area contributed by atoms with Crippen LogP contribution in [0.5, 0.6) is 0 Å². The number of para-hydroxylation sites is 1. The van der Waals surface area contributed by atoms with Crippen LogP contribution < -0.4 is 5.32 Å². The van der Waals surface area contributed by atoms with Crippen LogP contribution in [0.4, 0.5) is 5.69 Å². The maximum absolute atomic E-state index is 12.9. The molecule has 1 aliphatic carbocycles. The average molecular weight is 398 g/mol. The normalized spacial score (nSPS) is 11.6. The first kappa shape index (κ1) is 19.6. The Kier molecular flexibility index (Phi) is 4.96. The van der Waals surface area contributed by atoms with Gasteiger partial charge in [0.25, 0.3) is 5.91 Å². The molecule has 3 aromatic rings. The molecular weight excluding hydrogens is 376 g/mol. The van der Waals surface area contributed by atoms with E-state index in [1.807, 2.05) is 50.2 Å². The topological polar surface area (TPSA) is 66.5 Å². The third kappa shape index (κ3) is 3.39. The van der Waals surface area contributed by atoms with Gasteiger partial charge in [-0.3, -0.25) is 14.4 Å². The molecule has 150 valence electrons. The highest BCUT2D eigenvalue weighted by Gasteiger charge is 2.27. The van der Waals surface area contributed by atoms with Gasteiger partial charge in [-0.1, -0.05) is 48.5 Å². The van der Waals surface area contributed by atoms with Gasteiger partial charge >= 0.3 is 0 Å². The predicted molar refractivity (Wildman–Crippen MR) is 117 cm³/mol. The van der Waals surface area contributed by atoms with Gasteiger partial charge in [-0.25, -0.2) is 0 Å². The van der Waals surface area contributed by atoms with Crippen LogP contribution in [-0.4, -0.2) is 36.1 Å². The molecule has 4 rings (SSSR count). The molecule has 2 amide bonds. The summed E-state index contributed by atoms with van der Waals surface area (Å²) in [4.78, 5) is 39.4. The average Bonchev–Trinajstić information content (AvgIpc) is 3.02. The van der Waals surface area contributed by atoms with E-state index in [0.717, 1.165) is 27.9 Å². The summed E-state index contributed by atoms with van der Waals surface area (Å²) in [5.41, 5.74) is 5.99. The maximum Gasteiger partial charge on any atom is 0.254 e. The van der Waals surface area contributed by atoms with E-state index in [2.05, 4.69) is 5.32 Å². The number of aryl methyl sites for hydroxylation is 2. The van der Waals surface area contributed by atoms with E-state index in [1.165, 1.54) is 4.90 Å². The fourth-order valence-corrected chi connectivity index (χ4v) is 3.86. The third-order valence-corrected chi connectivity index (χ3v) is 5.45. The zero-order valence-electron chi connectivity index (χ0n) is 17.2. The summed E-state index contributed by atoms with van der Waals surface area (Å²) in [6, 6.07) is 18.3. The van der Waals surface area contributed by atoms with Crippen molar-refractivity contribution in [3.8, 4) is 11.1 Å². The summed E-state index contributed by atoms with van der Waals surface area (Å²) in [7, 11) is 1.58. The van der Waals surface area contributed by atoms with Crippen molar-refractivity contribution in [2.75, 3.05) is 18.9 Å². The van der Waals surface area contributed by atoms with Crippen LogP contribution in [0.3, 0.4) is 0 Å².